The van der Waals surface area contributed by atoms with Crippen molar-refractivity contribution in [3.8, 4) is 0 Å². The Balaban J connectivity index is 1.94. The van der Waals surface area contributed by atoms with Crippen molar-refractivity contribution in [3.63, 3.8) is 0 Å². The van der Waals surface area contributed by atoms with Crippen LogP contribution in [0, 0.1) is 5.92 Å². The van der Waals surface area contributed by atoms with E-state index in [4.69, 9.17) is 5.11 Å². The van der Waals surface area contributed by atoms with Gasteiger partial charge in [0, 0.05) is 18.3 Å². The molecule has 1 atom stereocenters. The molecule has 1 aromatic heterocycles. The van der Waals surface area contributed by atoms with Crippen LogP contribution < -0.4 is 0 Å². The summed E-state index contributed by atoms with van der Waals surface area (Å²) in [5, 5.41) is 8.97. The minimum Gasteiger partial charge on any atom is -0.478 e. The van der Waals surface area contributed by atoms with Crippen molar-refractivity contribution in [2.24, 2.45) is 10.9 Å². The molecule has 5 nitrogen and oxygen atoms in total. The molecule has 1 unspecified atom stereocenters. The molecule has 0 spiro atoms. The summed E-state index contributed by atoms with van der Waals surface area (Å²) < 4.78 is 0. The number of nitrogens with zero attached hydrogens (tertiary/aromatic N) is 2. The molecule has 1 aromatic rings. The molecule has 1 N–H and O–H groups in total. The first-order valence-electron chi connectivity index (χ1n) is 7.61. The maximum Gasteiger partial charge on any atom is 0.337 e. The number of hydrogen-bond acceptors (Lipinski definition) is 4. The Bertz CT molecular complexity index is 628. The largest absolute Gasteiger partial charge is 0.478 e. The molecule has 0 bridgehead atoms. The van der Waals surface area contributed by atoms with Crippen molar-refractivity contribution in [2.75, 3.05) is 0 Å². The van der Waals surface area contributed by atoms with Crippen LogP contribution in [0.2, 0.25) is 0 Å². The van der Waals surface area contributed by atoms with Crippen molar-refractivity contribution >= 4 is 18.0 Å². The Hall–Kier alpha value is -2.30. The Morgan fingerprint density at radius 3 is 2.50 bits per heavy atom. The Morgan fingerprint density at radius 2 is 1.95 bits per heavy atom. The number of Topliss-reactive ketones (excluding diaryl/α,β-unsaturated/α-hetero) is 1. The number of carbonyl (C=O) groups excluding carboxylic acids is 1. The van der Waals surface area contributed by atoms with E-state index in [0.717, 1.165) is 25.7 Å². The first-order chi connectivity index (χ1) is 10.6. The van der Waals surface area contributed by atoms with Gasteiger partial charge in [-0.25, -0.2) is 4.79 Å². The summed E-state index contributed by atoms with van der Waals surface area (Å²) >= 11 is 0. The zero-order chi connectivity index (χ0) is 15.6. The molecule has 1 aliphatic heterocycles. The van der Waals surface area contributed by atoms with Gasteiger partial charge in [-0.15, -0.1) is 0 Å². The number of ketones is 1. The third-order valence-corrected chi connectivity index (χ3v) is 4.45. The molecule has 1 fully saturated rings. The topological polar surface area (TPSA) is 79.6 Å². The van der Waals surface area contributed by atoms with Gasteiger partial charge in [0.2, 0.25) is 0 Å². The lowest BCUT2D eigenvalue weighted by Gasteiger charge is -2.29. The molecule has 3 rings (SSSR count). The standard InChI is InChI=1S/C17H18N2O3/c20-15(12-5-2-1-3-6-12)17(9-4-10-19-17)14-8-7-13(11-18-14)16(21)22/h4,7-12H,1-3,5-6H2,(H,21,22). The monoisotopic (exact) mass is 298 g/mol. The fourth-order valence-corrected chi connectivity index (χ4v) is 3.23. The van der Waals surface area contributed by atoms with E-state index < -0.39 is 11.5 Å². The first-order valence-corrected chi connectivity index (χ1v) is 7.61. The van der Waals surface area contributed by atoms with Crippen molar-refractivity contribution in [1.82, 2.24) is 4.98 Å². The van der Waals surface area contributed by atoms with Gasteiger partial charge in [0.15, 0.2) is 11.3 Å². The van der Waals surface area contributed by atoms with Gasteiger partial charge in [-0.3, -0.25) is 14.8 Å². The summed E-state index contributed by atoms with van der Waals surface area (Å²) in [6, 6.07) is 3.07. The SMILES string of the molecule is O=C(O)c1ccc(C2(C(=O)C3CCCCC3)C=CC=N2)nc1. The number of aromatic nitrogens is 1. The molecule has 2 heterocycles. The summed E-state index contributed by atoms with van der Waals surface area (Å²) in [7, 11) is 0. The first kappa shape index (κ1) is 14.6. The molecule has 0 amide bonds. The Morgan fingerprint density at radius 1 is 1.18 bits per heavy atom. The maximum atomic E-state index is 13.0. The highest BCUT2D eigenvalue weighted by Crippen LogP contribution is 2.37. The molecule has 1 saturated carbocycles. The highest BCUT2D eigenvalue weighted by atomic mass is 16.4. The third kappa shape index (κ3) is 2.47. The van der Waals surface area contributed by atoms with E-state index in [9.17, 15) is 9.59 Å². The normalized spacial score (nSPS) is 24.5. The van der Waals surface area contributed by atoms with Crippen LogP contribution in [-0.2, 0) is 10.3 Å². The van der Waals surface area contributed by atoms with E-state index in [1.165, 1.54) is 18.7 Å². The lowest BCUT2D eigenvalue weighted by atomic mass is 9.77. The Kier molecular flexibility index (Phi) is 3.88. The molecule has 114 valence electrons. The molecule has 5 heteroatoms. The number of carbonyl (C=O) groups is 2. The lowest BCUT2D eigenvalue weighted by Crippen LogP contribution is -2.37. The van der Waals surface area contributed by atoms with E-state index in [-0.39, 0.29) is 17.3 Å². The zero-order valence-electron chi connectivity index (χ0n) is 12.2. The fraction of sp³-hybridized carbons (Fsp3) is 0.412. The predicted molar refractivity (Wildman–Crippen MR) is 82.1 cm³/mol. The third-order valence-electron chi connectivity index (χ3n) is 4.45. The van der Waals surface area contributed by atoms with Gasteiger partial charge in [0.25, 0.3) is 0 Å². The van der Waals surface area contributed by atoms with Crippen LogP contribution in [0.3, 0.4) is 0 Å². The van der Waals surface area contributed by atoms with Gasteiger partial charge in [0.1, 0.15) is 0 Å². The second kappa shape index (κ2) is 5.83. The maximum absolute atomic E-state index is 13.0. The molecule has 1 aliphatic carbocycles. The highest BCUT2D eigenvalue weighted by Gasteiger charge is 2.43. The van der Waals surface area contributed by atoms with E-state index >= 15 is 0 Å². The lowest BCUT2D eigenvalue weighted by molar-refractivity contribution is -0.127. The summed E-state index contributed by atoms with van der Waals surface area (Å²) in [6.07, 6.45) is 11.6. The van der Waals surface area contributed by atoms with Crippen LogP contribution in [0.5, 0.6) is 0 Å². The van der Waals surface area contributed by atoms with Crippen molar-refractivity contribution in [2.45, 2.75) is 37.6 Å². The number of carboxylic acid groups (broad SMARTS) is 1. The van der Waals surface area contributed by atoms with Gasteiger partial charge in [-0.1, -0.05) is 19.3 Å². The van der Waals surface area contributed by atoms with Crippen LogP contribution in [0.1, 0.15) is 48.2 Å². The molecular formula is C17H18N2O3. The van der Waals surface area contributed by atoms with E-state index in [1.54, 1.807) is 24.4 Å². The minimum absolute atomic E-state index is 0.00889. The molecular weight excluding hydrogens is 280 g/mol. The van der Waals surface area contributed by atoms with Crippen LogP contribution in [0.15, 0.2) is 35.5 Å². The Labute approximate surface area is 128 Å². The average molecular weight is 298 g/mol. The molecule has 22 heavy (non-hydrogen) atoms. The second-order valence-electron chi connectivity index (χ2n) is 5.84. The zero-order valence-corrected chi connectivity index (χ0v) is 12.2. The number of carboxylic acids is 1. The van der Waals surface area contributed by atoms with Crippen molar-refractivity contribution in [1.29, 1.82) is 0 Å². The van der Waals surface area contributed by atoms with Gasteiger partial charge < -0.3 is 5.11 Å². The highest BCUT2D eigenvalue weighted by molar-refractivity contribution is 5.98. The van der Waals surface area contributed by atoms with E-state index in [2.05, 4.69) is 9.98 Å². The van der Waals surface area contributed by atoms with E-state index in [1.807, 2.05) is 0 Å². The summed E-state index contributed by atoms with van der Waals surface area (Å²) in [5.41, 5.74) is -0.466. The average Bonchev–Trinajstić information content (AvgIpc) is 3.06. The van der Waals surface area contributed by atoms with Crippen LogP contribution in [0.4, 0.5) is 0 Å². The predicted octanol–water partition coefficient (Wildman–Crippen LogP) is 2.77. The molecule has 0 radical (unpaired) electrons. The number of allylic oxidation sites excluding steroid dienone is 1. The minimum atomic E-state index is -1.07. The summed E-state index contributed by atoms with van der Waals surface area (Å²) in [5.74, 6) is -0.945. The molecule has 0 aromatic carbocycles. The number of pyridine rings is 1. The van der Waals surface area contributed by atoms with Gasteiger partial charge >= 0.3 is 5.97 Å². The number of aliphatic imine (C=N–C) groups is 1. The summed E-state index contributed by atoms with van der Waals surface area (Å²) in [6.45, 7) is 0. The van der Waals surface area contributed by atoms with Gasteiger partial charge in [0.05, 0.1) is 11.3 Å². The van der Waals surface area contributed by atoms with Crippen molar-refractivity contribution < 1.29 is 14.7 Å². The summed E-state index contributed by atoms with van der Waals surface area (Å²) in [4.78, 5) is 32.6. The molecule has 0 saturated heterocycles. The number of aromatic carboxylic acids is 1. The van der Waals surface area contributed by atoms with Crippen LogP contribution in [0.25, 0.3) is 0 Å². The smallest absolute Gasteiger partial charge is 0.337 e. The van der Waals surface area contributed by atoms with Gasteiger partial charge in [-0.05, 0) is 37.1 Å². The molecule has 2 aliphatic rings. The number of hydrogen-bond donors (Lipinski definition) is 1. The van der Waals surface area contributed by atoms with Crippen molar-refractivity contribution in [3.05, 3.63) is 41.7 Å². The quantitative estimate of drug-likeness (QED) is 0.927. The van der Waals surface area contributed by atoms with Gasteiger partial charge in [-0.2, -0.15) is 0 Å². The van der Waals surface area contributed by atoms with E-state index in [0.29, 0.717) is 5.69 Å². The van der Waals surface area contributed by atoms with Crippen LogP contribution in [-0.4, -0.2) is 28.1 Å². The number of rotatable bonds is 4. The fourth-order valence-electron chi connectivity index (χ4n) is 3.23. The van der Waals surface area contributed by atoms with Crippen LogP contribution >= 0.6 is 0 Å². The second-order valence-corrected chi connectivity index (χ2v) is 5.84.